The molecule has 2 bridgehead atoms. The molecule has 3 saturated heterocycles. The number of aliphatic carboxylic acids is 1. The van der Waals surface area contributed by atoms with Crippen LogP contribution in [0.5, 0.6) is 0 Å². The standard InChI is InChI=1S/C27H33BrN2O6/c1-2-13-29(17-11-7-4-8-12-17)25(33)23-27-14-18(28)22(36-27)20(26(34)35)21(27)24(32)30(23)19(15-31)16-9-5-3-6-10-16/h2-3,5-6,9-10,17-23,31H,1,4,7-8,11-15H2,(H,34,35)/t18?,19-,20-,21+,22-,23?,27?/m1/s1. The third kappa shape index (κ3) is 3.82. The molecule has 3 aliphatic heterocycles. The van der Waals surface area contributed by atoms with Gasteiger partial charge >= 0.3 is 5.97 Å². The van der Waals surface area contributed by atoms with Gasteiger partial charge in [-0.25, -0.2) is 0 Å². The minimum Gasteiger partial charge on any atom is -0.481 e. The molecule has 2 N–H and O–H groups in total. The highest BCUT2D eigenvalue weighted by atomic mass is 79.9. The summed E-state index contributed by atoms with van der Waals surface area (Å²) in [5.41, 5.74) is -0.584. The van der Waals surface area contributed by atoms with E-state index in [4.69, 9.17) is 4.74 Å². The number of hydrogen-bond acceptors (Lipinski definition) is 5. The second kappa shape index (κ2) is 9.91. The summed E-state index contributed by atoms with van der Waals surface area (Å²) >= 11 is 3.59. The van der Waals surface area contributed by atoms with Crippen molar-refractivity contribution in [2.24, 2.45) is 11.8 Å². The van der Waals surface area contributed by atoms with E-state index >= 15 is 0 Å². The number of ether oxygens (including phenoxy) is 1. The highest BCUT2D eigenvalue weighted by Crippen LogP contribution is 2.61. The molecule has 4 aliphatic rings. The minimum absolute atomic E-state index is 0.0228. The summed E-state index contributed by atoms with van der Waals surface area (Å²) in [6, 6.07) is 7.28. The molecule has 5 rings (SSSR count). The number of carbonyl (C=O) groups is 3. The molecule has 1 aromatic rings. The Morgan fingerprint density at radius 2 is 1.94 bits per heavy atom. The van der Waals surface area contributed by atoms with Crippen molar-refractivity contribution in [2.75, 3.05) is 13.2 Å². The molecule has 2 amide bonds. The number of amides is 2. The number of benzene rings is 1. The molecule has 7 atom stereocenters. The SMILES string of the molecule is C=CCN(C(=O)C1N([C@H](CO)c2ccccc2)C(=O)[C@@H]2[C@@H](C(=O)O)[C@@H]3OC12CC3Br)C1CCCCC1. The fourth-order valence-corrected chi connectivity index (χ4v) is 8.04. The van der Waals surface area contributed by atoms with Crippen LogP contribution in [0.15, 0.2) is 43.0 Å². The first kappa shape index (κ1) is 25.4. The number of carbonyl (C=O) groups excluding carboxylic acids is 2. The summed E-state index contributed by atoms with van der Waals surface area (Å²) in [6.07, 6.45) is 6.29. The molecule has 8 nitrogen and oxygen atoms in total. The van der Waals surface area contributed by atoms with Crippen molar-refractivity contribution in [3.05, 3.63) is 48.6 Å². The van der Waals surface area contributed by atoms with Crippen LogP contribution >= 0.6 is 15.9 Å². The lowest BCUT2D eigenvalue weighted by Gasteiger charge is -2.42. The number of hydrogen-bond donors (Lipinski definition) is 2. The molecule has 4 fully saturated rings. The van der Waals surface area contributed by atoms with E-state index in [-0.39, 0.29) is 16.8 Å². The van der Waals surface area contributed by atoms with Gasteiger partial charge in [-0.15, -0.1) is 6.58 Å². The van der Waals surface area contributed by atoms with Crippen LogP contribution in [0.2, 0.25) is 0 Å². The number of likely N-dealkylation sites (tertiary alicyclic amines) is 1. The van der Waals surface area contributed by atoms with E-state index in [0.29, 0.717) is 18.5 Å². The van der Waals surface area contributed by atoms with Gasteiger partial charge in [0.1, 0.15) is 11.6 Å². The molecule has 0 aromatic heterocycles. The maximum atomic E-state index is 14.5. The van der Waals surface area contributed by atoms with Gasteiger partial charge in [0.05, 0.1) is 30.6 Å². The molecule has 0 radical (unpaired) electrons. The van der Waals surface area contributed by atoms with Crippen molar-refractivity contribution >= 4 is 33.7 Å². The van der Waals surface area contributed by atoms with Crippen LogP contribution in [-0.2, 0) is 19.1 Å². The van der Waals surface area contributed by atoms with Gasteiger partial charge < -0.3 is 24.7 Å². The largest absolute Gasteiger partial charge is 0.481 e. The van der Waals surface area contributed by atoms with Gasteiger partial charge in [0.2, 0.25) is 11.8 Å². The van der Waals surface area contributed by atoms with Gasteiger partial charge in [0.25, 0.3) is 0 Å². The Morgan fingerprint density at radius 1 is 1.25 bits per heavy atom. The number of aliphatic hydroxyl groups excluding tert-OH is 1. The van der Waals surface area contributed by atoms with Crippen molar-refractivity contribution in [1.82, 2.24) is 9.80 Å². The van der Waals surface area contributed by atoms with Gasteiger partial charge in [-0.3, -0.25) is 14.4 Å². The monoisotopic (exact) mass is 560 g/mol. The second-order valence-corrected chi connectivity index (χ2v) is 11.6. The average molecular weight is 561 g/mol. The number of fused-ring (bicyclic) bond motifs is 1. The van der Waals surface area contributed by atoms with E-state index in [2.05, 4.69) is 22.5 Å². The number of carboxylic acid groups (broad SMARTS) is 1. The number of halogens is 1. The summed E-state index contributed by atoms with van der Waals surface area (Å²) in [6.45, 7) is 3.80. The minimum atomic E-state index is -1.27. The Morgan fingerprint density at radius 3 is 2.56 bits per heavy atom. The summed E-state index contributed by atoms with van der Waals surface area (Å²) in [7, 11) is 0. The van der Waals surface area contributed by atoms with Crippen LogP contribution < -0.4 is 0 Å². The first-order valence-electron chi connectivity index (χ1n) is 12.8. The van der Waals surface area contributed by atoms with Crippen molar-refractivity contribution in [1.29, 1.82) is 0 Å². The molecular weight excluding hydrogens is 528 g/mol. The third-order valence-electron chi connectivity index (χ3n) is 8.56. The molecule has 1 aromatic carbocycles. The van der Waals surface area contributed by atoms with Crippen LogP contribution in [0.1, 0.15) is 50.1 Å². The molecule has 194 valence electrons. The van der Waals surface area contributed by atoms with Crippen LogP contribution in [0.3, 0.4) is 0 Å². The molecule has 3 heterocycles. The van der Waals surface area contributed by atoms with Crippen LogP contribution in [0.25, 0.3) is 0 Å². The summed E-state index contributed by atoms with van der Waals surface area (Å²) in [5.74, 6) is -3.84. The Kier molecular flexibility index (Phi) is 7.00. The average Bonchev–Trinajstić information content (AvgIpc) is 3.48. The van der Waals surface area contributed by atoms with Gasteiger partial charge in [0, 0.05) is 17.4 Å². The van der Waals surface area contributed by atoms with Crippen molar-refractivity contribution in [2.45, 2.75) is 73.2 Å². The van der Waals surface area contributed by atoms with Gasteiger partial charge in [-0.05, 0) is 24.8 Å². The van der Waals surface area contributed by atoms with Gasteiger partial charge in [-0.1, -0.05) is 71.6 Å². The fraction of sp³-hybridized carbons (Fsp3) is 0.593. The zero-order valence-electron chi connectivity index (χ0n) is 20.2. The Balaban J connectivity index is 1.63. The number of carboxylic acids is 1. The van der Waals surface area contributed by atoms with Crippen molar-refractivity contribution in [3.8, 4) is 0 Å². The third-order valence-corrected chi connectivity index (χ3v) is 9.41. The van der Waals surface area contributed by atoms with E-state index in [9.17, 15) is 24.6 Å². The molecule has 1 aliphatic carbocycles. The zero-order chi connectivity index (χ0) is 25.6. The van der Waals surface area contributed by atoms with E-state index in [1.54, 1.807) is 6.08 Å². The molecule has 1 saturated carbocycles. The van der Waals surface area contributed by atoms with Crippen molar-refractivity contribution in [3.63, 3.8) is 0 Å². The first-order chi connectivity index (χ1) is 17.4. The smallest absolute Gasteiger partial charge is 0.310 e. The lowest BCUT2D eigenvalue weighted by atomic mass is 9.70. The fourth-order valence-electron chi connectivity index (χ4n) is 7.10. The highest BCUT2D eigenvalue weighted by Gasteiger charge is 2.77. The maximum Gasteiger partial charge on any atom is 0.310 e. The van der Waals surface area contributed by atoms with Crippen LogP contribution in [0.4, 0.5) is 0 Å². The summed E-state index contributed by atoms with van der Waals surface area (Å²) in [4.78, 5) is 43.9. The Bertz CT molecular complexity index is 1030. The molecule has 3 unspecified atom stereocenters. The first-order valence-corrected chi connectivity index (χ1v) is 13.7. The van der Waals surface area contributed by atoms with Crippen molar-refractivity contribution < 1.29 is 29.3 Å². The zero-order valence-corrected chi connectivity index (χ0v) is 21.8. The van der Waals surface area contributed by atoms with Crippen LogP contribution in [-0.4, -0.2) is 79.6 Å². The Labute approximate surface area is 219 Å². The predicted octanol–water partition coefficient (Wildman–Crippen LogP) is 2.90. The molecule has 9 heteroatoms. The quantitative estimate of drug-likeness (QED) is 0.374. The topological polar surface area (TPSA) is 107 Å². The number of nitrogens with zero attached hydrogens (tertiary/aromatic N) is 2. The Hall–Kier alpha value is -2.23. The van der Waals surface area contributed by atoms with Gasteiger partial charge in [0.15, 0.2) is 0 Å². The van der Waals surface area contributed by atoms with E-state index < -0.39 is 54.1 Å². The number of aliphatic hydroxyl groups is 1. The van der Waals surface area contributed by atoms with E-state index in [1.165, 1.54) is 4.90 Å². The number of rotatable bonds is 8. The van der Waals surface area contributed by atoms with Gasteiger partial charge in [-0.2, -0.15) is 0 Å². The normalized spacial score (nSPS) is 34.4. The lowest BCUT2D eigenvalue weighted by molar-refractivity contribution is -0.154. The molecule has 36 heavy (non-hydrogen) atoms. The lowest BCUT2D eigenvalue weighted by Crippen LogP contribution is -2.59. The van der Waals surface area contributed by atoms with Crippen LogP contribution in [0, 0.1) is 11.8 Å². The second-order valence-electron chi connectivity index (χ2n) is 10.4. The molecule has 1 spiro atoms. The summed E-state index contributed by atoms with van der Waals surface area (Å²) in [5, 5.41) is 20.6. The van der Waals surface area contributed by atoms with E-state index in [0.717, 1.165) is 32.1 Å². The highest BCUT2D eigenvalue weighted by molar-refractivity contribution is 9.09. The molecular formula is C27H33BrN2O6. The number of alkyl halides is 1. The predicted molar refractivity (Wildman–Crippen MR) is 135 cm³/mol. The maximum absolute atomic E-state index is 14.5. The van der Waals surface area contributed by atoms with E-state index in [1.807, 2.05) is 35.2 Å². The summed E-state index contributed by atoms with van der Waals surface area (Å²) < 4.78 is 6.41.